The summed E-state index contributed by atoms with van der Waals surface area (Å²) in [7, 11) is 0. The molecule has 2 nitrogen and oxygen atoms in total. The van der Waals surface area contributed by atoms with Crippen molar-refractivity contribution in [2.24, 2.45) is 5.92 Å². The van der Waals surface area contributed by atoms with Gasteiger partial charge >= 0.3 is 0 Å². The highest BCUT2D eigenvalue weighted by molar-refractivity contribution is 5.32. The minimum atomic E-state index is 0.386. The zero-order chi connectivity index (χ0) is 14.8. The van der Waals surface area contributed by atoms with Crippen molar-refractivity contribution in [1.29, 1.82) is 0 Å². The van der Waals surface area contributed by atoms with Crippen LogP contribution in [0.15, 0.2) is 60.7 Å². The van der Waals surface area contributed by atoms with E-state index in [9.17, 15) is 0 Å². The molecule has 4 rings (SSSR count). The van der Waals surface area contributed by atoms with Crippen molar-refractivity contribution in [2.75, 3.05) is 19.6 Å². The fourth-order valence-electron chi connectivity index (χ4n) is 4.27. The lowest BCUT2D eigenvalue weighted by atomic mass is 9.91. The van der Waals surface area contributed by atoms with Crippen LogP contribution in [-0.4, -0.2) is 30.6 Å². The molecule has 0 amide bonds. The van der Waals surface area contributed by atoms with Crippen molar-refractivity contribution < 1.29 is 0 Å². The van der Waals surface area contributed by atoms with E-state index in [2.05, 4.69) is 70.9 Å². The van der Waals surface area contributed by atoms with E-state index in [1.54, 1.807) is 0 Å². The maximum absolute atomic E-state index is 3.60. The normalized spacial score (nSPS) is 25.3. The van der Waals surface area contributed by atoms with E-state index in [4.69, 9.17) is 0 Å². The summed E-state index contributed by atoms with van der Waals surface area (Å²) < 4.78 is 0. The molecule has 0 radical (unpaired) electrons. The number of likely N-dealkylation sites (tertiary alicyclic amines) is 1. The van der Waals surface area contributed by atoms with E-state index >= 15 is 0 Å². The zero-order valence-corrected chi connectivity index (χ0v) is 13.0. The summed E-state index contributed by atoms with van der Waals surface area (Å²) in [6.07, 6.45) is 2.68. The second kappa shape index (κ2) is 6.23. The minimum absolute atomic E-state index is 0.386. The lowest BCUT2D eigenvalue weighted by Crippen LogP contribution is -2.47. The maximum atomic E-state index is 3.60. The zero-order valence-electron chi connectivity index (χ0n) is 13.0. The third-order valence-corrected chi connectivity index (χ3v) is 5.34. The number of hydrogen-bond donors (Lipinski definition) is 1. The molecule has 22 heavy (non-hydrogen) atoms. The summed E-state index contributed by atoms with van der Waals surface area (Å²) in [5, 5.41) is 3.60. The highest BCUT2D eigenvalue weighted by Crippen LogP contribution is 2.38. The molecule has 0 bridgehead atoms. The van der Waals surface area contributed by atoms with Gasteiger partial charge in [0.1, 0.15) is 0 Å². The predicted octanol–water partition coefficient (Wildman–Crippen LogP) is 3.46. The van der Waals surface area contributed by atoms with Crippen LogP contribution in [0.3, 0.4) is 0 Å². The number of piperidine rings is 1. The average Bonchev–Trinajstić information content (AvgIpc) is 3.01. The first-order valence-corrected chi connectivity index (χ1v) is 8.50. The van der Waals surface area contributed by atoms with E-state index < -0.39 is 0 Å². The molecule has 2 aromatic carbocycles. The highest BCUT2D eigenvalue weighted by atomic mass is 15.2. The Morgan fingerprint density at radius 2 is 1.50 bits per heavy atom. The van der Waals surface area contributed by atoms with Crippen molar-refractivity contribution in [3.63, 3.8) is 0 Å². The Bertz CT molecular complexity index is 556. The summed E-state index contributed by atoms with van der Waals surface area (Å²) in [5.74, 6) is 0.871. The number of benzene rings is 2. The van der Waals surface area contributed by atoms with E-state index in [0.717, 1.165) is 12.5 Å². The van der Waals surface area contributed by atoms with E-state index in [1.807, 2.05) is 0 Å². The van der Waals surface area contributed by atoms with Crippen LogP contribution in [-0.2, 0) is 0 Å². The fourth-order valence-corrected chi connectivity index (χ4v) is 4.27. The molecule has 2 heterocycles. The van der Waals surface area contributed by atoms with Crippen molar-refractivity contribution in [2.45, 2.75) is 24.9 Å². The lowest BCUT2D eigenvalue weighted by Gasteiger charge is -2.38. The summed E-state index contributed by atoms with van der Waals surface area (Å²) in [4.78, 5) is 2.74. The van der Waals surface area contributed by atoms with E-state index in [0.29, 0.717) is 12.1 Å². The van der Waals surface area contributed by atoms with Crippen molar-refractivity contribution >= 4 is 0 Å². The second-order valence-corrected chi connectivity index (χ2v) is 6.57. The topological polar surface area (TPSA) is 15.3 Å². The standard InChI is InChI=1S/C20H24N2/c1-3-7-17(8-4-1)20(18-9-5-2-6-10-18)22-14-12-16-11-13-21-15-19(16)22/h1-10,16,19-21H,11-15H2/t16-,19-/m0/s1. The first-order chi connectivity index (χ1) is 10.9. The van der Waals surface area contributed by atoms with Gasteiger partial charge in [-0.1, -0.05) is 60.7 Å². The molecule has 0 aliphatic carbocycles. The first kappa shape index (κ1) is 14.0. The van der Waals surface area contributed by atoms with Crippen LogP contribution in [0.2, 0.25) is 0 Å². The molecule has 2 atom stereocenters. The molecule has 0 spiro atoms. The van der Waals surface area contributed by atoms with Crippen molar-refractivity contribution in [3.8, 4) is 0 Å². The van der Waals surface area contributed by atoms with Crippen molar-refractivity contribution in [1.82, 2.24) is 10.2 Å². The number of nitrogens with zero attached hydrogens (tertiary/aromatic N) is 1. The SMILES string of the molecule is c1ccc(C(c2ccccc2)N2CC[C@@H]3CCNC[C@@H]32)cc1. The van der Waals surface area contributed by atoms with Gasteiger partial charge in [0.2, 0.25) is 0 Å². The van der Waals surface area contributed by atoms with Crippen molar-refractivity contribution in [3.05, 3.63) is 71.8 Å². The molecule has 1 N–H and O–H groups in total. The number of fused-ring (bicyclic) bond motifs is 1. The number of hydrogen-bond acceptors (Lipinski definition) is 2. The maximum Gasteiger partial charge on any atom is 0.0604 e. The largest absolute Gasteiger partial charge is 0.315 e. The van der Waals surface area contributed by atoms with Gasteiger partial charge in [-0.3, -0.25) is 4.90 Å². The summed E-state index contributed by atoms with van der Waals surface area (Å²) in [5.41, 5.74) is 2.83. The van der Waals surface area contributed by atoms with Crippen LogP contribution in [0.5, 0.6) is 0 Å². The molecule has 2 aliphatic rings. The van der Waals surface area contributed by atoms with Gasteiger partial charge in [0.05, 0.1) is 6.04 Å². The molecule has 0 unspecified atom stereocenters. The van der Waals surface area contributed by atoms with Crippen LogP contribution in [0.1, 0.15) is 30.0 Å². The lowest BCUT2D eigenvalue weighted by molar-refractivity contribution is 0.161. The van der Waals surface area contributed by atoms with Gasteiger partial charge in [-0.15, -0.1) is 0 Å². The fraction of sp³-hybridized carbons (Fsp3) is 0.400. The molecular weight excluding hydrogens is 268 g/mol. The predicted molar refractivity (Wildman–Crippen MR) is 90.8 cm³/mol. The van der Waals surface area contributed by atoms with E-state index in [1.165, 1.54) is 37.1 Å². The van der Waals surface area contributed by atoms with Crippen LogP contribution in [0.4, 0.5) is 0 Å². The van der Waals surface area contributed by atoms with E-state index in [-0.39, 0.29) is 0 Å². The monoisotopic (exact) mass is 292 g/mol. The number of nitrogens with one attached hydrogen (secondary N) is 1. The first-order valence-electron chi connectivity index (χ1n) is 8.50. The molecule has 2 heteroatoms. The smallest absolute Gasteiger partial charge is 0.0604 e. The Morgan fingerprint density at radius 3 is 2.14 bits per heavy atom. The second-order valence-electron chi connectivity index (χ2n) is 6.57. The van der Waals surface area contributed by atoms with Gasteiger partial charge in [0.25, 0.3) is 0 Å². The van der Waals surface area contributed by atoms with Gasteiger partial charge in [0.15, 0.2) is 0 Å². The van der Waals surface area contributed by atoms with Crippen LogP contribution in [0.25, 0.3) is 0 Å². The van der Waals surface area contributed by atoms with Gasteiger partial charge in [0, 0.05) is 12.6 Å². The van der Waals surface area contributed by atoms with Gasteiger partial charge in [-0.2, -0.15) is 0 Å². The van der Waals surface area contributed by atoms with Gasteiger partial charge in [-0.25, -0.2) is 0 Å². The van der Waals surface area contributed by atoms with Gasteiger partial charge in [-0.05, 0) is 43.0 Å². The quantitative estimate of drug-likeness (QED) is 0.932. The molecule has 2 aromatic rings. The molecule has 2 aliphatic heterocycles. The third-order valence-electron chi connectivity index (χ3n) is 5.34. The highest BCUT2D eigenvalue weighted by Gasteiger charge is 2.39. The molecule has 2 fully saturated rings. The minimum Gasteiger partial charge on any atom is -0.315 e. The Hall–Kier alpha value is -1.64. The third kappa shape index (κ3) is 2.57. The summed E-state index contributed by atoms with van der Waals surface area (Å²) >= 11 is 0. The average molecular weight is 292 g/mol. The molecule has 2 saturated heterocycles. The Kier molecular flexibility index (Phi) is 3.96. The summed E-state index contributed by atoms with van der Waals surface area (Å²) in [6.45, 7) is 3.54. The molecule has 114 valence electrons. The molecular formula is C20H24N2. The van der Waals surface area contributed by atoms with Crippen LogP contribution in [0, 0.1) is 5.92 Å². The Labute approximate surface area is 133 Å². The number of rotatable bonds is 3. The Morgan fingerprint density at radius 1 is 0.864 bits per heavy atom. The molecule has 0 aromatic heterocycles. The van der Waals surface area contributed by atoms with Gasteiger partial charge < -0.3 is 5.32 Å². The summed E-state index contributed by atoms with van der Waals surface area (Å²) in [6, 6.07) is 23.1. The van der Waals surface area contributed by atoms with Crippen LogP contribution >= 0.6 is 0 Å². The van der Waals surface area contributed by atoms with Crippen LogP contribution < -0.4 is 5.32 Å². The molecule has 0 saturated carbocycles. The Balaban J connectivity index is 1.72.